The van der Waals surface area contributed by atoms with Gasteiger partial charge in [0.2, 0.25) is 0 Å². The second kappa shape index (κ2) is 9.05. The van der Waals surface area contributed by atoms with E-state index in [0.717, 1.165) is 57.1 Å². The second-order valence-corrected chi connectivity index (χ2v) is 7.41. The standard InChI is InChI=1S/C22H27N5O2/c1-25-17-24-20-8-7-18(16-19(20)22(25)28)29-15-5-4-10-26-11-13-27(14-12-26)21-6-2-3-9-23-21/h2-3,6-9,16-17H,4-5,10-15H2,1H3. The Kier molecular flexibility index (Phi) is 6.05. The number of aryl methyl sites for hydroxylation is 1. The lowest BCUT2D eigenvalue weighted by molar-refractivity contribution is 0.238. The molecule has 3 aromatic rings. The molecule has 7 nitrogen and oxygen atoms in total. The fourth-order valence-electron chi connectivity index (χ4n) is 3.65. The van der Waals surface area contributed by atoms with Gasteiger partial charge in [0.05, 0.1) is 23.8 Å². The monoisotopic (exact) mass is 393 g/mol. The van der Waals surface area contributed by atoms with Crippen LogP contribution >= 0.6 is 0 Å². The van der Waals surface area contributed by atoms with Crippen LogP contribution in [0.1, 0.15) is 12.8 Å². The lowest BCUT2D eigenvalue weighted by atomic mass is 10.2. The molecule has 0 amide bonds. The van der Waals surface area contributed by atoms with Crippen LogP contribution in [-0.4, -0.2) is 58.8 Å². The van der Waals surface area contributed by atoms with Crippen LogP contribution < -0.4 is 15.2 Å². The maximum atomic E-state index is 12.2. The van der Waals surface area contributed by atoms with E-state index in [1.54, 1.807) is 19.4 Å². The van der Waals surface area contributed by atoms with Crippen molar-refractivity contribution in [2.75, 3.05) is 44.2 Å². The summed E-state index contributed by atoms with van der Waals surface area (Å²) in [6, 6.07) is 11.6. The molecule has 0 N–H and O–H groups in total. The van der Waals surface area contributed by atoms with E-state index >= 15 is 0 Å². The summed E-state index contributed by atoms with van der Waals surface area (Å²) < 4.78 is 7.35. The van der Waals surface area contributed by atoms with Gasteiger partial charge in [-0.2, -0.15) is 0 Å². The van der Waals surface area contributed by atoms with Crippen molar-refractivity contribution in [3.8, 4) is 5.75 Å². The predicted molar refractivity (Wildman–Crippen MR) is 115 cm³/mol. The van der Waals surface area contributed by atoms with Crippen LogP contribution in [0.25, 0.3) is 10.9 Å². The summed E-state index contributed by atoms with van der Waals surface area (Å²) >= 11 is 0. The van der Waals surface area contributed by atoms with Crippen molar-refractivity contribution in [2.24, 2.45) is 7.05 Å². The number of fused-ring (bicyclic) bond motifs is 1. The van der Waals surface area contributed by atoms with Gasteiger partial charge in [-0.05, 0) is 49.7 Å². The molecule has 0 bridgehead atoms. The number of anilines is 1. The van der Waals surface area contributed by atoms with Crippen molar-refractivity contribution < 1.29 is 4.74 Å². The van der Waals surface area contributed by atoms with E-state index in [1.165, 1.54) is 4.57 Å². The minimum absolute atomic E-state index is 0.0507. The number of nitrogens with zero attached hydrogens (tertiary/aromatic N) is 5. The third-order valence-electron chi connectivity index (χ3n) is 5.37. The smallest absolute Gasteiger partial charge is 0.261 e. The Balaban J connectivity index is 1.19. The summed E-state index contributed by atoms with van der Waals surface area (Å²) in [6.07, 6.45) is 5.48. The third-order valence-corrected chi connectivity index (χ3v) is 5.37. The minimum Gasteiger partial charge on any atom is -0.494 e. The number of benzene rings is 1. The highest BCUT2D eigenvalue weighted by Gasteiger charge is 2.17. The molecule has 0 unspecified atom stereocenters. The maximum absolute atomic E-state index is 12.2. The average Bonchev–Trinajstić information content (AvgIpc) is 2.77. The second-order valence-electron chi connectivity index (χ2n) is 7.41. The molecule has 2 aromatic heterocycles. The lowest BCUT2D eigenvalue weighted by Crippen LogP contribution is -2.46. The van der Waals surface area contributed by atoms with Crippen LogP contribution in [0.5, 0.6) is 5.75 Å². The summed E-state index contributed by atoms with van der Waals surface area (Å²) in [6.45, 7) is 5.92. The first-order chi connectivity index (χ1) is 14.2. The zero-order valence-corrected chi connectivity index (χ0v) is 16.8. The summed E-state index contributed by atoms with van der Waals surface area (Å²) in [5.74, 6) is 1.80. The van der Waals surface area contributed by atoms with Crippen molar-refractivity contribution in [3.63, 3.8) is 0 Å². The molecule has 1 fully saturated rings. The Hall–Kier alpha value is -2.93. The van der Waals surface area contributed by atoms with Crippen LogP contribution in [0.2, 0.25) is 0 Å². The highest BCUT2D eigenvalue weighted by Crippen LogP contribution is 2.17. The van der Waals surface area contributed by atoms with Crippen LogP contribution in [-0.2, 0) is 7.05 Å². The number of pyridine rings is 1. The lowest BCUT2D eigenvalue weighted by Gasteiger charge is -2.35. The van der Waals surface area contributed by atoms with Crippen molar-refractivity contribution in [1.82, 2.24) is 19.4 Å². The number of hydrogen-bond donors (Lipinski definition) is 0. The van der Waals surface area contributed by atoms with Crippen LogP contribution in [0.4, 0.5) is 5.82 Å². The number of ether oxygens (including phenoxy) is 1. The Morgan fingerprint density at radius 1 is 1.03 bits per heavy atom. The quantitative estimate of drug-likeness (QED) is 0.574. The Labute approximate surface area is 170 Å². The molecule has 0 saturated carbocycles. The maximum Gasteiger partial charge on any atom is 0.261 e. The number of rotatable bonds is 7. The van der Waals surface area contributed by atoms with Crippen LogP contribution in [0, 0.1) is 0 Å². The number of piperazine rings is 1. The molecule has 7 heteroatoms. The zero-order chi connectivity index (χ0) is 20.1. The topological polar surface area (TPSA) is 63.5 Å². The van der Waals surface area contributed by atoms with Crippen LogP contribution in [0.15, 0.2) is 53.7 Å². The van der Waals surface area contributed by atoms with E-state index < -0.39 is 0 Å². The minimum atomic E-state index is -0.0507. The fraction of sp³-hybridized carbons (Fsp3) is 0.409. The summed E-state index contributed by atoms with van der Waals surface area (Å²) in [4.78, 5) is 25.8. The molecular weight excluding hydrogens is 366 g/mol. The van der Waals surface area contributed by atoms with Gasteiger partial charge in [-0.3, -0.25) is 9.69 Å². The summed E-state index contributed by atoms with van der Waals surface area (Å²) in [5, 5.41) is 0.596. The van der Waals surface area contributed by atoms with E-state index in [-0.39, 0.29) is 5.56 Å². The molecular formula is C22H27N5O2. The molecule has 0 spiro atoms. The summed E-state index contributed by atoms with van der Waals surface area (Å²) in [7, 11) is 1.71. The fourth-order valence-corrected chi connectivity index (χ4v) is 3.65. The van der Waals surface area contributed by atoms with E-state index in [9.17, 15) is 4.79 Å². The van der Waals surface area contributed by atoms with Crippen molar-refractivity contribution in [3.05, 3.63) is 59.3 Å². The van der Waals surface area contributed by atoms with Gasteiger partial charge in [0, 0.05) is 39.4 Å². The molecule has 0 atom stereocenters. The molecule has 0 aliphatic carbocycles. The van der Waals surface area contributed by atoms with Crippen molar-refractivity contribution >= 4 is 16.7 Å². The molecule has 1 aromatic carbocycles. The van der Waals surface area contributed by atoms with Gasteiger partial charge in [0.1, 0.15) is 11.6 Å². The molecule has 4 rings (SSSR count). The normalized spacial score (nSPS) is 15.0. The Morgan fingerprint density at radius 3 is 2.69 bits per heavy atom. The van der Waals surface area contributed by atoms with E-state index in [0.29, 0.717) is 17.5 Å². The molecule has 3 heterocycles. The van der Waals surface area contributed by atoms with Crippen molar-refractivity contribution in [1.29, 1.82) is 0 Å². The van der Waals surface area contributed by atoms with Gasteiger partial charge in [0.15, 0.2) is 0 Å². The number of hydrogen-bond acceptors (Lipinski definition) is 6. The highest BCUT2D eigenvalue weighted by atomic mass is 16.5. The zero-order valence-electron chi connectivity index (χ0n) is 16.8. The van der Waals surface area contributed by atoms with Gasteiger partial charge in [-0.15, -0.1) is 0 Å². The molecule has 1 aliphatic heterocycles. The molecule has 0 radical (unpaired) electrons. The molecule has 1 saturated heterocycles. The average molecular weight is 393 g/mol. The van der Waals surface area contributed by atoms with Gasteiger partial charge < -0.3 is 14.2 Å². The SMILES string of the molecule is Cn1cnc2ccc(OCCCCN3CCN(c4ccccn4)CC3)cc2c1=O. The van der Waals surface area contributed by atoms with Gasteiger partial charge >= 0.3 is 0 Å². The predicted octanol–water partition coefficient (Wildman–Crippen LogP) is 2.31. The van der Waals surface area contributed by atoms with Crippen LogP contribution in [0.3, 0.4) is 0 Å². The molecule has 29 heavy (non-hydrogen) atoms. The number of aromatic nitrogens is 3. The van der Waals surface area contributed by atoms with E-state index in [2.05, 4.69) is 25.8 Å². The molecule has 152 valence electrons. The highest BCUT2D eigenvalue weighted by molar-refractivity contribution is 5.78. The van der Waals surface area contributed by atoms with Gasteiger partial charge in [-0.1, -0.05) is 6.07 Å². The Bertz CT molecular complexity index is 997. The summed E-state index contributed by atoms with van der Waals surface area (Å²) in [5.41, 5.74) is 0.649. The van der Waals surface area contributed by atoms with E-state index in [4.69, 9.17) is 4.74 Å². The third kappa shape index (κ3) is 4.74. The first kappa shape index (κ1) is 19.4. The first-order valence-corrected chi connectivity index (χ1v) is 10.2. The first-order valence-electron chi connectivity index (χ1n) is 10.2. The van der Waals surface area contributed by atoms with Gasteiger partial charge in [-0.25, -0.2) is 9.97 Å². The van der Waals surface area contributed by atoms with Crippen molar-refractivity contribution in [2.45, 2.75) is 12.8 Å². The van der Waals surface area contributed by atoms with Gasteiger partial charge in [0.25, 0.3) is 5.56 Å². The number of unbranched alkanes of at least 4 members (excludes halogenated alkanes) is 1. The molecule has 1 aliphatic rings. The Morgan fingerprint density at radius 2 is 1.90 bits per heavy atom. The van der Waals surface area contributed by atoms with E-state index in [1.807, 2.05) is 30.5 Å². The largest absolute Gasteiger partial charge is 0.494 e.